The van der Waals surface area contributed by atoms with E-state index in [0.29, 0.717) is 16.3 Å². The SMILES string of the molecule is Cc1ccccc1-n1c(C)cc(/C=N\NC(=O)CN(c2cccc(Cl)c2C)S(C)(=O)=O)c1C. The monoisotopic (exact) mass is 486 g/mol. The summed E-state index contributed by atoms with van der Waals surface area (Å²) in [5.74, 6) is -0.566. The molecule has 0 saturated heterocycles. The van der Waals surface area contributed by atoms with E-state index in [2.05, 4.69) is 34.2 Å². The van der Waals surface area contributed by atoms with Gasteiger partial charge in [0.05, 0.1) is 18.2 Å². The number of benzene rings is 2. The Morgan fingerprint density at radius 3 is 2.48 bits per heavy atom. The number of hydrogen-bond acceptors (Lipinski definition) is 4. The van der Waals surface area contributed by atoms with Gasteiger partial charge in [0, 0.05) is 27.7 Å². The van der Waals surface area contributed by atoms with Crippen LogP contribution in [0.15, 0.2) is 53.6 Å². The molecular weight excluding hydrogens is 460 g/mol. The van der Waals surface area contributed by atoms with Gasteiger partial charge in [-0.25, -0.2) is 13.8 Å². The molecule has 0 aliphatic rings. The van der Waals surface area contributed by atoms with Gasteiger partial charge in [0.25, 0.3) is 5.91 Å². The topological polar surface area (TPSA) is 83.8 Å². The second-order valence-electron chi connectivity index (χ2n) is 7.90. The van der Waals surface area contributed by atoms with Crippen molar-refractivity contribution >= 4 is 39.4 Å². The van der Waals surface area contributed by atoms with Crippen molar-refractivity contribution in [1.29, 1.82) is 0 Å². The zero-order valence-corrected chi connectivity index (χ0v) is 20.8. The van der Waals surface area contributed by atoms with Crippen LogP contribution in [-0.2, 0) is 14.8 Å². The molecule has 2 aromatic carbocycles. The molecule has 0 unspecified atom stereocenters. The van der Waals surface area contributed by atoms with Gasteiger partial charge in [0.15, 0.2) is 0 Å². The maximum Gasteiger partial charge on any atom is 0.260 e. The number of carbonyl (C=O) groups is 1. The highest BCUT2D eigenvalue weighted by molar-refractivity contribution is 7.92. The Balaban J connectivity index is 1.78. The van der Waals surface area contributed by atoms with Crippen molar-refractivity contribution in [2.24, 2.45) is 5.10 Å². The zero-order valence-electron chi connectivity index (χ0n) is 19.3. The van der Waals surface area contributed by atoms with E-state index in [4.69, 9.17) is 11.6 Å². The van der Waals surface area contributed by atoms with Crippen LogP contribution in [0.25, 0.3) is 5.69 Å². The number of amides is 1. The summed E-state index contributed by atoms with van der Waals surface area (Å²) >= 11 is 6.13. The van der Waals surface area contributed by atoms with Gasteiger partial charge in [-0.05, 0) is 63.1 Å². The van der Waals surface area contributed by atoms with Crippen LogP contribution in [-0.4, -0.2) is 37.9 Å². The Hall–Kier alpha value is -3.10. The van der Waals surface area contributed by atoms with Crippen LogP contribution in [0, 0.1) is 27.7 Å². The van der Waals surface area contributed by atoms with E-state index < -0.39 is 22.5 Å². The van der Waals surface area contributed by atoms with Crippen LogP contribution < -0.4 is 9.73 Å². The molecule has 1 heterocycles. The van der Waals surface area contributed by atoms with Crippen molar-refractivity contribution in [3.05, 3.63) is 81.6 Å². The summed E-state index contributed by atoms with van der Waals surface area (Å²) < 4.78 is 27.8. The van der Waals surface area contributed by atoms with Crippen LogP contribution in [0.3, 0.4) is 0 Å². The number of aromatic nitrogens is 1. The lowest BCUT2D eigenvalue weighted by molar-refractivity contribution is -0.119. The lowest BCUT2D eigenvalue weighted by atomic mass is 10.2. The zero-order chi connectivity index (χ0) is 24.3. The summed E-state index contributed by atoms with van der Waals surface area (Å²) in [7, 11) is -3.71. The smallest absolute Gasteiger partial charge is 0.260 e. The van der Waals surface area contributed by atoms with Crippen molar-refractivity contribution in [2.45, 2.75) is 27.7 Å². The van der Waals surface area contributed by atoms with Crippen LogP contribution in [0.1, 0.15) is 28.1 Å². The highest BCUT2D eigenvalue weighted by atomic mass is 35.5. The number of carbonyl (C=O) groups excluding carboxylic acids is 1. The van der Waals surface area contributed by atoms with Gasteiger partial charge in [-0.3, -0.25) is 9.10 Å². The summed E-state index contributed by atoms with van der Waals surface area (Å²) in [5, 5.41) is 4.48. The molecule has 0 atom stereocenters. The van der Waals surface area contributed by atoms with Crippen molar-refractivity contribution < 1.29 is 13.2 Å². The summed E-state index contributed by atoms with van der Waals surface area (Å²) in [6.07, 6.45) is 2.61. The Bertz CT molecular complexity index is 1330. The van der Waals surface area contributed by atoms with Crippen LogP contribution in [0.2, 0.25) is 5.02 Å². The standard InChI is InChI=1S/C24H27ClN4O3S/c1-16-9-6-7-11-22(16)29-17(2)13-20(19(29)4)14-26-27-24(30)15-28(33(5,31)32)23-12-8-10-21(25)18(23)3/h6-14H,15H2,1-5H3,(H,27,30)/b26-14-. The lowest BCUT2D eigenvalue weighted by Gasteiger charge is -2.23. The minimum absolute atomic E-state index is 0.353. The lowest BCUT2D eigenvalue weighted by Crippen LogP contribution is -2.39. The summed E-state index contributed by atoms with van der Waals surface area (Å²) in [4.78, 5) is 12.5. The summed E-state index contributed by atoms with van der Waals surface area (Å²) in [5.41, 5.74) is 8.44. The highest BCUT2D eigenvalue weighted by Crippen LogP contribution is 2.28. The summed E-state index contributed by atoms with van der Waals surface area (Å²) in [6, 6.07) is 15.0. The molecule has 0 radical (unpaired) electrons. The van der Waals surface area contributed by atoms with Crippen molar-refractivity contribution in [3.63, 3.8) is 0 Å². The van der Waals surface area contributed by atoms with Crippen molar-refractivity contribution in [1.82, 2.24) is 9.99 Å². The van der Waals surface area contributed by atoms with E-state index in [0.717, 1.165) is 38.8 Å². The predicted molar refractivity (Wildman–Crippen MR) is 134 cm³/mol. The van der Waals surface area contributed by atoms with Gasteiger partial charge in [-0.15, -0.1) is 0 Å². The van der Waals surface area contributed by atoms with Gasteiger partial charge >= 0.3 is 0 Å². The molecule has 0 aliphatic carbocycles. The summed E-state index contributed by atoms with van der Waals surface area (Å²) in [6.45, 7) is 7.33. The van der Waals surface area contributed by atoms with Gasteiger partial charge in [-0.2, -0.15) is 5.10 Å². The number of para-hydroxylation sites is 1. The number of aryl methyl sites for hydroxylation is 2. The van der Waals surface area contributed by atoms with E-state index in [1.165, 1.54) is 0 Å². The molecule has 0 saturated carbocycles. The second kappa shape index (κ2) is 9.80. The van der Waals surface area contributed by atoms with Crippen molar-refractivity contribution in [3.8, 4) is 5.69 Å². The molecular formula is C24H27ClN4O3S. The number of nitrogens with one attached hydrogen (secondary N) is 1. The second-order valence-corrected chi connectivity index (χ2v) is 10.2. The minimum atomic E-state index is -3.71. The van der Waals surface area contributed by atoms with E-state index in [-0.39, 0.29) is 0 Å². The van der Waals surface area contributed by atoms with Crippen LogP contribution >= 0.6 is 11.6 Å². The molecule has 0 spiro atoms. The van der Waals surface area contributed by atoms with Gasteiger partial charge in [0.1, 0.15) is 6.54 Å². The first kappa shape index (κ1) is 24.5. The average Bonchev–Trinajstić information content (AvgIpc) is 3.01. The molecule has 3 aromatic rings. The maximum atomic E-state index is 12.5. The van der Waals surface area contributed by atoms with Crippen molar-refractivity contribution in [2.75, 3.05) is 17.1 Å². The number of sulfonamides is 1. The molecule has 1 aromatic heterocycles. The molecule has 0 bridgehead atoms. The number of rotatable bonds is 7. The molecule has 9 heteroatoms. The molecule has 0 fully saturated rings. The molecule has 174 valence electrons. The van der Waals surface area contributed by atoms with Gasteiger partial charge in [-0.1, -0.05) is 35.9 Å². The number of halogens is 1. The minimum Gasteiger partial charge on any atom is -0.318 e. The van der Waals surface area contributed by atoms with Crippen LogP contribution in [0.5, 0.6) is 0 Å². The fourth-order valence-electron chi connectivity index (χ4n) is 3.69. The first-order valence-electron chi connectivity index (χ1n) is 10.3. The van der Waals surface area contributed by atoms with E-state index in [1.54, 1.807) is 31.3 Å². The first-order chi connectivity index (χ1) is 15.5. The number of anilines is 1. The fraction of sp³-hybridized carbons (Fsp3) is 0.250. The largest absolute Gasteiger partial charge is 0.318 e. The highest BCUT2D eigenvalue weighted by Gasteiger charge is 2.23. The average molecular weight is 487 g/mol. The maximum absolute atomic E-state index is 12.5. The van der Waals surface area contributed by atoms with Crippen LogP contribution in [0.4, 0.5) is 5.69 Å². The quantitative estimate of drug-likeness (QED) is 0.399. The Labute approximate surface area is 199 Å². The molecule has 1 N–H and O–H groups in total. The Morgan fingerprint density at radius 2 is 1.82 bits per heavy atom. The number of hydrazone groups is 1. The molecule has 0 aliphatic heterocycles. The predicted octanol–water partition coefficient (Wildman–Crippen LogP) is 4.28. The van der Waals surface area contributed by atoms with E-state index in [9.17, 15) is 13.2 Å². The number of nitrogens with zero attached hydrogens (tertiary/aromatic N) is 3. The molecule has 1 amide bonds. The molecule has 3 rings (SSSR count). The molecule has 7 nitrogen and oxygen atoms in total. The Morgan fingerprint density at radius 1 is 1.12 bits per heavy atom. The molecule has 33 heavy (non-hydrogen) atoms. The van der Waals surface area contributed by atoms with E-state index >= 15 is 0 Å². The van der Waals surface area contributed by atoms with Gasteiger partial charge in [0.2, 0.25) is 10.0 Å². The Kier molecular flexibility index (Phi) is 7.29. The normalized spacial score (nSPS) is 11.7. The number of hydrogen-bond donors (Lipinski definition) is 1. The third kappa shape index (κ3) is 5.46. The fourth-order valence-corrected chi connectivity index (χ4v) is 4.77. The first-order valence-corrected chi connectivity index (χ1v) is 12.5. The third-order valence-electron chi connectivity index (χ3n) is 5.41. The third-order valence-corrected chi connectivity index (χ3v) is 6.95. The van der Waals surface area contributed by atoms with Gasteiger partial charge < -0.3 is 4.57 Å². The van der Waals surface area contributed by atoms with E-state index in [1.807, 2.05) is 32.0 Å².